The average molecular weight is 224 g/mol. The molecule has 1 aromatic carbocycles. The van der Waals surface area contributed by atoms with Crippen LogP contribution in [0.3, 0.4) is 0 Å². The van der Waals surface area contributed by atoms with Gasteiger partial charge in [-0.2, -0.15) is 0 Å². The predicted molar refractivity (Wildman–Crippen MR) is 62.0 cm³/mol. The molecule has 2 unspecified atom stereocenters. The third kappa shape index (κ3) is 2.33. The van der Waals surface area contributed by atoms with Crippen LogP contribution < -0.4 is 10.6 Å². The second kappa shape index (κ2) is 4.80. The van der Waals surface area contributed by atoms with Crippen molar-refractivity contribution >= 4 is 5.69 Å². The van der Waals surface area contributed by atoms with Gasteiger partial charge in [-0.05, 0) is 19.1 Å². The fraction of sp³-hybridized carbons (Fsp3) is 0.500. The van der Waals surface area contributed by atoms with E-state index in [9.17, 15) is 4.39 Å². The number of benzene rings is 1. The molecule has 1 aliphatic rings. The first kappa shape index (κ1) is 11.4. The maximum absolute atomic E-state index is 13.6. The Morgan fingerprint density at radius 2 is 2.19 bits per heavy atom. The average Bonchev–Trinajstić information content (AvgIpc) is 2.28. The second-order valence-electron chi connectivity index (χ2n) is 4.16. The van der Waals surface area contributed by atoms with Crippen molar-refractivity contribution in [2.75, 3.05) is 24.5 Å². The lowest BCUT2D eigenvalue weighted by Gasteiger charge is -2.37. The van der Waals surface area contributed by atoms with Gasteiger partial charge >= 0.3 is 0 Å². The summed E-state index contributed by atoms with van der Waals surface area (Å²) in [6.45, 7) is 3.81. The van der Waals surface area contributed by atoms with Gasteiger partial charge in [0.2, 0.25) is 0 Å². The molecular weight excluding hydrogens is 207 g/mol. The lowest BCUT2D eigenvalue weighted by atomic mass is 10.2. The molecule has 0 bridgehead atoms. The Kier molecular flexibility index (Phi) is 3.41. The quantitative estimate of drug-likeness (QED) is 0.824. The van der Waals surface area contributed by atoms with E-state index in [1.165, 1.54) is 6.07 Å². The van der Waals surface area contributed by atoms with Crippen LogP contribution in [0.2, 0.25) is 0 Å². The van der Waals surface area contributed by atoms with Crippen LogP contribution in [0, 0.1) is 5.82 Å². The lowest BCUT2D eigenvalue weighted by Crippen LogP contribution is -2.49. The number of anilines is 1. The van der Waals surface area contributed by atoms with Crippen LogP contribution in [-0.4, -0.2) is 31.8 Å². The van der Waals surface area contributed by atoms with Crippen molar-refractivity contribution in [3.05, 3.63) is 30.1 Å². The molecular formula is C12H17FN2O. The highest BCUT2D eigenvalue weighted by Crippen LogP contribution is 2.22. The minimum Gasteiger partial charge on any atom is -0.370 e. The molecule has 2 atom stereocenters. The molecule has 4 heteroatoms. The number of hydrogen-bond acceptors (Lipinski definition) is 3. The Morgan fingerprint density at radius 3 is 2.88 bits per heavy atom. The third-order valence-electron chi connectivity index (χ3n) is 2.78. The van der Waals surface area contributed by atoms with Gasteiger partial charge in [0.05, 0.1) is 17.9 Å². The van der Waals surface area contributed by atoms with Crippen LogP contribution in [0.1, 0.15) is 6.92 Å². The van der Waals surface area contributed by atoms with Gasteiger partial charge in [-0.25, -0.2) is 4.39 Å². The van der Waals surface area contributed by atoms with E-state index in [1.807, 2.05) is 17.9 Å². The Hall–Kier alpha value is -1.13. The van der Waals surface area contributed by atoms with Crippen molar-refractivity contribution in [2.24, 2.45) is 5.73 Å². The maximum atomic E-state index is 13.6. The third-order valence-corrected chi connectivity index (χ3v) is 2.78. The molecule has 0 saturated carbocycles. The minimum atomic E-state index is -0.188. The molecule has 1 saturated heterocycles. The van der Waals surface area contributed by atoms with Crippen molar-refractivity contribution in [3.8, 4) is 0 Å². The standard InChI is InChI=1S/C12H17FN2O/c1-9-7-15(8-10(6-14)16-9)12-5-3-2-4-11(12)13/h2-5,9-10H,6-8,14H2,1H3. The Labute approximate surface area is 95.0 Å². The largest absolute Gasteiger partial charge is 0.370 e. The fourth-order valence-electron chi connectivity index (χ4n) is 2.08. The summed E-state index contributed by atoms with van der Waals surface area (Å²) in [6, 6.07) is 6.81. The smallest absolute Gasteiger partial charge is 0.146 e. The fourth-order valence-corrected chi connectivity index (χ4v) is 2.08. The van der Waals surface area contributed by atoms with Gasteiger partial charge in [-0.15, -0.1) is 0 Å². The van der Waals surface area contributed by atoms with Crippen LogP contribution in [0.25, 0.3) is 0 Å². The van der Waals surface area contributed by atoms with Crippen LogP contribution in [0.15, 0.2) is 24.3 Å². The lowest BCUT2D eigenvalue weighted by molar-refractivity contribution is -0.0106. The van der Waals surface area contributed by atoms with Gasteiger partial charge in [0.25, 0.3) is 0 Å². The van der Waals surface area contributed by atoms with Crippen LogP contribution >= 0.6 is 0 Å². The van der Waals surface area contributed by atoms with Crippen LogP contribution in [0.5, 0.6) is 0 Å². The van der Waals surface area contributed by atoms with E-state index in [4.69, 9.17) is 10.5 Å². The normalized spacial score (nSPS) is 25.8. The first-order valence-electron chi connectivity index (χ1n) is 5.55. The molecule has 2 N–H and O–H groups in total. The highest BCUT2D eigenvalue weighted by atomic mass is 19.1. The second-order valence-corrected chi connectivity index (χ2v) is 4.16. The van der Waals surface area contributed by atoms with E-state index >= 15 is 0 Å². The summed E-state index contributed by atoms with van der Waals surface area (Å²) >= 11 is 0. The number of halogens is 1. The summed E-state index contributed by atoms with van der Waals surface area (Å²) in [4.78, 5) is 2.00. The highest BCUT2D eigenvalue weighted by Gasteiger charge is 2.25. The molecule has 2 rings (SSSR count). The molecule has 16 heavy (non-hydrogen) atoms. The van der Waals surface area contributed by atoms with Gasteiger partial charge in [-0.1, -0.05) is 12.1 Å². The zero-order valence-electron chi connectivity index (χ0n) is 9.40. The number of nitrogens with zero attached hydrogens (tertiary/aromatic N) is 1. The summed E-state index contributed by atoms with van der Waals surface area (Å²) in [5.41, 5.74) is 6.23. The van der Waals surface area contributed by atoms with Crippen molar-refractivity contribution in [1.29, 1.82) is 0 Å². The zero-order chi connectivity index (χ0) is 11.5. The summed E-state index contributed by atoms with van der Waals surface area (Å²) in [6.07, 6.45) is 0.0743. The van der Waals surface area contributed by atoms with Gasteiger partial charge in [0.1, 0.15) is 5.82 Å². The topological polar surface area (TPSA) is 38.5 Å². The molecule has 0 amide bonds. The molecule has 1 aromatic rings. The van der Waals surface area contributed by atoms with E-state index in [0.29, 0.717) is 25.3 Å². The zero-order valence-corrected chi connectivity index (χ0v) is 9.40. The molecule has 0 aliphatic carbocycles. The summed E-state index contributed by atoms with van der Waals surface area (Å²) in [5, 5.41) is 0. The first-order valence-corrected chi connectivity index (χ1v) is 5.55. The van der Waals surface area contributed by atoms with Crippen molar-refractivity contribution in [2.45, 2.75) is 19.1 Å². The number of rotatable bonds is 2. The monoisotopic (exact) mass is 224 g/mol. The van der Waals surface area contributed by atoms with Crippen molar-refractivity contribution in [1.82, 2.24) is 0 Å². The molecule has 0 aromatic heterocycles. The molecule has 1 aliphatic heterocycles. The molecule has 88 valence electrons. The Balaban J connectivity index is 2.17. The summed E-state index contributed by atoms with van der Waals surface area (Å²) in [7, 11) is 0. The van der Waals surface area contributed by atoms with E-state index in [1.54, 1.807) is 12.1 Å². The van der Waals surface area contributed by atoms with E-state index in [-0.39, 0.29) is 18.0 Å². The molecule has 1 heterocycles. The number of para-hydroxylation sites is 1. The van der Waals surface area contributed by atoms with Crippen LogP contribution in [0.4, 0.5) is 10.1 Å². The molecule has 3 nitrogen and oxygen atoms in total. The van der Waals surface area contributed by atoms with Gasteiger partial charge in [0, 0.05) is 19.6 Å². The van der Waals surface area contributed by atoms with Crippen molar-refractivity contribution < 1.29 is 9.13 Å². The van der Waals surface area contributed by atoms with Gasteiger partial charge in [0.15, 0.2) is 0 Å². The SMILES string of the molecule is CC1CN(c2ccccc2F)CC(CN)O1. The van der Waals surface area contributed by atoms with Gasteiger partial charge < -0.3 is 15.4 Å². The van der Waals surface area contributed by atoms with Gasteiger partial charge in [-0.3, -0.25) is 0 Å². The van der Waals surface area contributed by atoms with Crippen molar-refractivity contribution in [3.63, 3.8) is 0 Å². The Morgan fingerprint density at radius 1 is 1.44 bits per heavy atom. The molecule has 0 radical (unpaired) electrons. The van der Waals surface area contributed by atoms with E-state index in [0.717, 1.165) is 0 Å². The molecule has 1 fully saturated rings. The maximum Gasteiger partial charge on any atom is 0.146 e. The predicted octanol–water partition coefficient (Wildman–Crippen LogP) is 1.38. The minimum absolute atomic E-state index is 0.0108. The summed E-state index contributed by atoms with van der Waals surface area (Å²) < 4.78 is 19.3. The van der Waals surface area contributed by atoms with E-state index < -0.39 is 0 Å². The van der Waals surface area contributed by atoms with E-state index in [2.05, 4.69) is 0 Å². The number of nitrogens with two attached hydrogens (primary N) is 1. The number of ether oxygens (including phenoxy) is 1. The first-order chi connectivity index (χ1) is 7.70. The number of hydrogen-bond donors (Lipinski definition) is 1. The summed E-state index contributed by atoms with van der Waals surface area (Å²) in [5.74, 6) is -0.188. The highest BCUT2D eigenvalue weighted by molar-refractivity contribution is 5.48. The molecule has 0 spiro atoms. The Bertz CT molecular complexity index is 359. The number of morpholine rings is 1. The van der Waals surface area contributed by atoms with Crippen LogP contribution in [-0.2, 0) is 4.74 Å².